The van der Waals surface area contributed by atoms with Crippen LogP contribution in [-0.4, -0.2) is 41.0 Å². The number of alkyl halides is 3. The number of nitrogens with one attached hydrogen (secondary N) is 1. The van der Waals surface area contributed by atoms with E-state index in [1.807, 2.05) is 0 Å². The highest BCUT2D eigenvalue weighted by Gasteiger charge is 2.38. The van der Waals surface area contributed by atoms with Crippen LogP contribution in [-0.2, 0) is 22.3 Å². The largest absolute Gasteiger partial charge is 0.471 e. The second-order valence-corrected chi connectivity index (χ2v) is 5.44. The molecule has 0 bridgehead atoms. The Hall–Kier alpha value is -2.91. The lowest BCUT2D eigenvalue weighted by molar-refractivity contribution is -0.159. The Bertz CT molecular complexity index is 800. The molecule has 1 N–H and O–H groups in total. The minimum Gasteiger partial charge on any atom is -0.344 e. The second kappa shape index (κ2) is 6.91. The molecule has 1 heterocycles. The molecule has 0 aliphatic heterocycles. The van der Waals surface area contributed by atoms with Crippen LogP contribution in [0.4, 0.5) is 13.2 Å². The van der Waals surface area contributed by atoms with Crippen LogP contribution < -0.4 is 5.32 Å². The monoisotopic (exact) mass is 356 g/mol. The number of likely N-dealkylation sites (N-methyl/N-ethyl adjacent to an activating group) is 1. The van der Waals surface area contributed by atoms with Crippen molar-refractivity contribution in [1.29, 1.82) is 0 Å². The summed E-state index contributed by atoms with van der Waals surface area (Å²) in [5.41, 5.74) is 1.73. The molecule has 0 unspecified atom stereocenters. The molecular formula is C15H15F3N4O3. The Balaban J connectivity index is 2.12. The number of hydrogen-bond acceptors (Lipinski definition) is 5. The Labute approximate surface area is 140 Å². The Morgan fingerprint density at radius 3 is 2.48 bits per heavy atom. The predicted octanol–water partition coefficient (Wildman–Crippen LogP) is 1.77. The first kappa shape index (κ1) is 18.4. The predicted molar refractivity (Wildman–Crippen MR) is 80.0 cm³/mol. The number of carbonyl (C=O) groups excluding carboxylic acids is 2. The second-order valence-electron chi connectivity index (χ2n) is 5.44. The average Bonchev–Trinajstić information content (AvgIpc) is 3.02. The number of rotatable bonds is 3. The molecule has 0 saturated carbocycles. The average molecular weight is 356 g/mol. The third-order valence-electron chi connectivity index (χ3n) is 3.31. The number of halogens is 3. The van der Waals surface area contributed by atoms with Crippen molar-refractivity contribution in [3.05, 3.63) is 35.2 Å². The first-order valence-electron chi connectivity index (χ1n) is 7.10. The number of hydrogen-bond donors (Lipinski definition) is 1. The molecule has 25 heavy (non-hydrogen) atoms. The zero-order valence-electron chi connectivity index (χ0n) is 13.6. The molecule has 1 aromatic carbocycles. The van der Waals surface area contributed by atoms with E-state index in [0.29, 0.717) is 16.7 Å². The molecule has 10 heteroatoms. The molecule has 2 rings (SSSR count). The zero-order chi connectivity index (χ0) is 18.8. The van der Waals surface area contributed by atoms with E-state index in [1.54, 1.807) is 19.1 Å². The molecule has 0 atom stereocenters. The maximum absolute atomic E-state index is 12.5. The van der Waals surface area contributed by atoms with Gasteiger partial charge in [0.2, 0.25) is 5.82 Å². The number of aryl methyl sites for hydroxylation is 1. The first-order valence-corrected chi connectivity index (χ1v) is 7.10. The lowest BCUT2D eigenvalue weighted by Crippen LogP contribution is -2.38. The van der Waals surface area contributed by atoms with Gasteiger partial charge in [0, 0.05) is 26.2 Å². The number of aromatic nitrogens is 2. The van der Waals surface area contributed by atoms with E-state index >= 15 is 0 Å². The number of amides is 2. The summed E-state index contributed by atoms with van der Waals surface area (Å²) in [5, 5.41) is 5.79. The van der Waals surface area contributed by atoms with Gasteiger partial charge < -0.3 is 14.7 Å². The fourth-order valence-corrected chi connectivity index (χ4v) is 1.94. The summed E-state index contributed by atoms with van der Waals surface area (Å²) in [7, 11) is 2.92. The normalized spacial score (nSPS) is 11.3. The smallest absolute Gasteiger partial charge is 0.344 e. The van der Waals surface area contributed by atoms with E-state index < -0.39 is 23.9 Å². The molecule has 7 nitrogen and oxygen atoms in total. The summed E-state index contributed by atoms with van der Waals surface area (Å²) in [5.74, 6) is -3.03. The van der Waals surface area contributed by atoms with Gasteiger partial charge in [-0.25, -0.2) is 0 Å². The highest BCUT2D eigenvalue weighted by Crippen LogP contribution is 2.29. The minimum atomic E-state index is -4.70. The third-order valence-corrected chi connectivity index (χ3v) is 3.31. The van der Waals surface area contributed by atoms with Crippen LogP contribution in [0.25, 0.3) is 11.4 Å². The molecule has 0 radical (unpaired) electrons. The van der Waals surface area contributed by atoms with Crippen molar-refractivity contribution in [2.24, 2.45) is 0 Å². The van der Waals surface area contributed by atoms with Gasteiger partial charge in [0.15, 0.2) is 0 Å². The minimum absolute atomic E-state index is 0.102. The van der Waals surface area contributed by atoms with Gasteiger partial charge in [-0.05, 0) is 24.1 Å². The van der Waals surface area contributed by atoms with Crippen molar-refractivity contribution in [1.82, 2.24) is 20.4 Å². The van der Waals surface area contributed by atoms with E-state index in [2.05, 4.69) is 20.0 Å². The van der Waals surface area contributed by atoms with Gasteiger partial charge in [0.25, 0.3) is 0 Å². The van der Waals surface area contributed by atoms with Crippen molar-refractivity contribution in [3.8, 4) is 11.4 Å². The molecule has 134 valence electrons. The SMILES string of the molecule is Cc1cc(-c2noc(C(F)(F)F)n2)ccc1CNC(=O)C(=O)N(C)C. The van der Waals surface area contributed by atoms with Crippen molar-refractivity contribution in [3.63, 3.8) is 0 Å². The van der Waals surface area contributed by atoms with Gasteiger partial charge in [-0.3, -0.25) is 9.59 Å². The van der Waals surface area contributed by atoms with Crippen molar-refractivity contribution < 1.29 is 27.3 Å². The topological polar surface area (TPSA) is 88.3 Å². The van der Waals surface area contributed by atoms with Crippen LogP contribution in [0.15, 0.2) is 22.7 Å². The van der Waals surface area contributed by atoms with Crippen LogP contribution in [0.3, 0.4) is 0 Å². The molecule has 0 fully saturated rings. The first-order chi connectivity index (χ1) is 11.6. The molecule has 0 spiro atoms. The molecule has 0 aliphatic rings. The number of benzene rings is 1. The fourth-order valence-electron chi connectivity index (χ4n) is 1.94. The van der Waals surface area contributed by atoms with Gasteiger partial charge in [-0.15, -0.1) is 0 Å². The maximum atomic E-state index is 12.5. The lowest BCUT2D eigenvalue weighted by atomic mass is 10.0. The number of carbonyl (C=O) groups is 2. The van der Waals surface area contributed by atoms with Crippen molar-refractivity contribution in [2.75, 3.05) is 14.1 Å². The van der Waals surface area contributed by atoms with Gasteiger partial charge in [0.05, 0.1) is 0 Å². The van der Waals surface area contributed by atoms with Gasteiger partial charge in [0.1, 0.15) is 0 Å². The van der Waals surface area contributed by atoms with Crippen LogP contribution in [0, 0.1) is 6.92 Å². The van der Waals surface area contributed by atoms with E-state index in [9.17, 15) is 22.8 Å². The van der Waals surface area contributed by atoms with E-state index in [1.165, 1.54) is 20.2 Å². The molecular weight excluding hydrogens is 341 g/mol. The van der Waals surface area contributed by atoms with Crippen molar-refractivity contribution >= 4 is 11.8 Å². The van der Waals surface area contributed by atoms with E-state index in [-0.39, 0.29) is 12.4 Å². The quantitative estimate of drug-likeness (QED) is 0.847. The molecule has 2 amide bonds. The third kappa shape index (κ3) is 4.34. The van der Waals surface area contributed by atoms with E-state index in [4.69, 9.17) is 0 Å². The Morgan fingerprint density at radius 2 is 1.96 bits per heavy atom. The molecule has 0 saturated heterocycles. The summed E-state index contributed by atoms with van der Waals surface area (Å²) >= 11 is 0. The molecule has 0 aliphatic carbocycles. The van der Waals surface area contributed by atoms with Gasteiger partial charge in [-0.2, -0.15) is 18.2 Å². The highest BCUT2D eigenvalue weighted by atomic mass is 19.4. The standard InChI is InChI=1S/C15H15F3N4O3/c1-8-6-9(11-20-14(25-21-11)15(16,17)18)4-5-10(8)7-19-12(23)13(24)22(2)3/h4-6H,7H2,1-3H3,(H,19,23). The summed E-state index contributed by atoms with van der Waals surface area (Å²) in [6.07, 6.45) is -4.70. The molecule has 2 aromatic rings. The van der Waals surface area contributed by atoms with E-state index in [0.717, 1.165) is 4.90 Å². The van der Waals surface area contributed by atoms with Crippen LogP contribution in [0.2, 0.25) is 0 Å². The zero-order valence-corrected chi connectivity index (χ0v) is 13.6. The highest BCUT2D eigenvalue weighted by molar-refractivity contribution is 6.34. The van der Waals surface area contributed by atoms with Crippen LogP contribution in [0.5, 0.6) is 0 Å². The van der Waals surface area contributed by atoms with Crippen molar-refractivity contribution in [2.45, 2.75) is 19.6 Å². The summed E-state index contributed by atoms with van der Waals surface area (Å²) in [6.45, 7) is 1.81. The summed E-state index contributed by atoms with van der Waals surface area (Å²) in [6, 6.07) is 4.68. The Morgan fingerprint density at radius 1 is 1.28 bits per heavy atom. The maximum Gasteiger partial charge on any atom is 0.471 e. The van der Waals surface area contributed by atoms with Gasteiger partial charge >= 0.3 is 23.9 Å². The summed E-state index contributed by atoms with van der Waals surface area (Å²) in [4.78, 5) is 27.5. The molecule has 1 aromatic heterocycles. The fraction of sp³-hybridized carbons (Fsp3) is 0.333. The summed E-state index contributed by atoms with van der Waals surface area (Å²) < 4.78 is 41.7. The van der Waals surface area contributed by atoms with Crippen LogP contribution in [0.1, 0.15) is 17.0 Å². The number of nitrogens with zero attached hydrogens (tertiary/aromatic N) is 3. The lowest BCUT2D eigenvalue weighted by Gasteiger charge is -2.11. The van der Waals surface area contributed by atoms with Gasteiger partial charge in [-0.1, -0.05) is 17.3 Å². The Kier molecular flexibility index (Phi) is 5.10. The van der Waals surface area contributed by atoms with Crippen LogP contribution >= 0.6 is 0 Å².